The normalized spacial score (nSPS) is 14.5. The summed E-state index contributed by atoms with van der Waals surface area (Å²) in [5, 5.41) is 19.6. The van der Waals surface area contributed by atoms with Crippen LogP contribution in [-0.4, -0.2) is 33.3 Å². The molecule has 0 unspecified atom stereocenters. The molecule has 0 radical (unpaired) electrons. The molecule has 35 heavy (non-hydrogen) atoms. The molecule has 0 bridgehead atoms. The summed E-state index contributed by atoms with van der Waals surface area (Å²) in [6.07, 6.45) is -0.290. The van der Waals surface area contributed by atoms with Gasteiger partial charge in [-0.05, 0) is 31.2 Å². The Labute approximate surface area is 202 Å². The molecular weight excluding hydrogens is 480 g/mol. The summed E-state index contributed by atoms with van der Waals surface area (Å²) in [7, 11) is 0. The van der Waals surface area contributed by atoms with Crippen LogP contribution in [0, 0.1) is 10.1 Å². The second-order valence-corrected chi connectivity index (χ2v) is 7.91. The van der Waals surface area contributed by atoms with E-state index in [1.54, 1.807) is 31.2 Å². The van der Waals surface area contributed by atoms with E-state index in [9.17, 15) is 24.5 Å². The highest BCUT2D eigenvalue weighted by Crippen LogP contribution is 2.33. The molecule has 0 saturated carbocycles. The maximum absolute atomic E-state index is 13.1. The number of fused-ring (bicyclic) bond motifs is 1. The number of carbonyl (C=O) groups excluding carboxylic acids is 2. The third kappa shape index (κ3) is 5.22. The molecule has 2 amide bonds. The zero-order chi connectivity index (χ0) is 25.1. The third-order valence-corrected chi connectivity index (χ3v) is 5.32. The number of halogens is 1. The van der Waals surface area contributed by atoms with Crippen molar-refractivity contribution in [3.63, 3.8) is 0 Å². The van der Waals surface area contributed by atoms with E-state index in [1.807, 2.05) is 0 Å². The average Bonchev–Trinajstić information content (AvgIpc) is 2.79. The van der Waals surface area contributed by atoms with E-state index in [0.29, 0.717) is 10.7 Å². The highest BCUT2D eigenvalue weighted by molar-refractivity contribution is 6.30. The Morgan fingerprint density at radius 3 is 2.80 bits per heavy atom. The summed E-state index contributed by atoms with van der Waals surface area (Å²) in [4.78, 5) is 55.7. The quantitative estimate of drug-likeness (QED) is 0.283. The minimum absolute atomic E-state index is 0.0152. The number of H-pyrrole nitrogens is 1. The van der Waals surface area contributed by atoms with Gasteiger partial charge in [-0.1, -0.05) is 17.7 Å². The number of non-ortho nitro benzene ring substituents is 1. The lowest BCUT2D eigenvalue weighted by Crippen LogP contribution is -2.36. The first-order valence-corrected chi connectivity index (χ1v) is 10.8. The minimum Gasteiger partial charge on any atom is -0.491 e. The van der Waals surface area contributed by atoms with Gasteiger partial charge in [0, 0.05) is 23.2 Å². The van der Waals surface area contributed by atoms with E-state index < -0.39 is 28.2 Å². The van der Waals surface area contributed by atoms with Gasteiger partial charge in [-0.3, -0.25) is 29.5 Å². The molecule has 1 aliphatic rings. The summed E-state index contributed by atoms with van der Waals surface area (Å²) in [6, 6.07) is 10.4. The number of hydrogen-bond acceptors (Lipinski definition) is 8. The average molecular weight is 499 g/mol. The van der Waals surface area contributed by atoms with Crippen molar-refractivity contribution < 1.29 is 19.2 Å². The van der Waals surface area contributed by atoms with Crippen molar-refractivity contribution in [3.05, 3.63) is 73.5 Å². The van der Waals surface area contributed by atoms with Gasteiger partial charge >= 0.3 is 0 Å². The van der Waals surface area contributed by atoms with Crippen molar-refractivity contribution in [2.24, 2.45) is 0 Å². The Morgan fingerprint density at radius 1 is 1.29 bits per heavy atom. The largest absolute Gasteiger partial charge is 0.491 e. The summed E-state index contributed by atoms with van der Waals surface area (Å²) < 4.78 is 5.41. The van der Waals surface area contributed by atoms with Crippen LogP contribution in [0.3, 0.4) is 0 Å². The molecule has 0 saturated heterocycles. The van der Waals surface area contributed by atoms with Gasteiger partial charge in [0.2, 0.25) is 17.8 Å². The third-order valence-electron chi connectivity index (χ3n) is 5.09. The maximum Gasteiger partial charge on any atom is 0.273 e. The SMILES string of the molecule is CCOc1cc([N+](=O)[O-])ccc1NC(=O)[C@H]1CC(=O)Nc2nc(Nc3cccc(Cl)c3)[nH]c(=O)c21. The van der Waals surface area contributed by atoms with Crippen LogP contribution in [0.5, 0.6) is 5.75 Å². The van der Waals surface area contributed by atoms with Crippen LogP contribution < -0.4 is 26.2 Å². The number of nitro groups is 1. The summed E-state index contributed by atoms with van der Waals surface area (Å²) in [6.45, 7) is 1.89. The Morgan fingerprint density at radius 2 is 2.09 bits per heavy atom. The fraction of sp³-hybridized carbons (Fsp3) is 0.182. The number of nitrogens with zero attached hydrogens (tertiary/aromatic N) is 2. The molecule has 1 aromatic heterocycles. The van der Waals surface area contributed by atoms with Crippen LogP contribution in [-0.2, 0) is 9.59 Å². The first-order chi connectivity index (χ1) is 16.7. The zero-order valence-corrected chi connectivity index (χ0v) is 19.0. The number of hydrogen-bond donors (Lipinski definition) is 4. The number of anilines is 4. The van der Waals surface area contributed by atoms with Crippen LogP contribution >= 0.6 is 11.6 Å². The first kappa shape index (κ1) is 23.7. The van der Waals surface area contributed by atoms with Crippen LogP contribution in [0.25, 0.3) is 0 Å². The second kappa shape index (κ2) is 9.81. The Bertz CT molecular complexity index is 1390. The topological polar surface area (TPSA) is 168 Å². The number of rotatable bonds is 7. The molecule has 0 fully saturated rings. The van der Waals surface area contributed by atoms with Crippen LogP contribution in [0.1, 0.15) is 24.8 Å². The van der Waals surface area contributed by atoms with E-state index >= 15 is 0 Å². The molecule has 0 aliphatic carbocycles. The monoisotopic (exact) mass is 498 g/mol. The van der Waals surface area contributed by atoms with Gasteiger partial charge in [-0.25, -0.2) is 0 Å². The molecular formula is C22H19ClN6O6. The second-order valence-electron chi connectivity index (χ2n) is 7.48. The van der Waals surface area contributed by atoms with Crippen molar-refractivity contribution in [3.8, 4) is 5.75 Å². The van der Waals surface area contributed by atoms with Crippen molar-refractivity contribution in [1.29, 1.82) is 0 Å². The number of benzene rings is 2. The van der Waals surface area contributed by atoms with E-state index in [1.165, 1.54) is 18.2 Å². The number of amides is 2. The molecule has 3 aromatic rings. The first-order valence-electron chi connectivity index (χ1n) is 10.4. The fourth-order valence-electron chi connectivity index (χ4n) is 3.58. The Hall–Kier alpha value is -4.45. The number of aromatic nitrogens is 2. The molecule has 12 nitrogen and oxygen atoms in total. The van der Waals surface area contributed by atoms with Gasteiger partial charge in [0.25, 0.3) is 11.2 Å². The maximum atomic E-state index is 13.1. The fourth-order valence-corrected chi connectivity index (χ4v) is 3.77. The van der Waals surface area contributed by atoms with Crippen LogP contribution in [0.4, 0.5) is 28.8 Å². The number of ether oxygens (including phenoxy) is 1. The molecule has 1 atom stereocenters. The molecule has 2 heterocycles. The van der Waals surface area contributed by atoms with Gasteiger partial charge in [0.1, 0.15) is 11.6 Å². The molecule has 4 rings (SSSR count). The van der Waals surface area contributed by atoms with Gasteiger partial charge in [-0.2, -0.15) is 4.98 Å². The summed E-state index contributed by atoms with van der Waals surface area (Å²) in [5.41, 5.74) is -0.126. The van der Waals surface area contributed by atoms with E-state index in [0.717, 1.165) is 0 Å². The lowest BCUT2D eigenvalue weighted by Gasteiger charge is -2.24. The van der Waals surface area contributed by atoms with Crippen LogP contribution in [0.15, 0.2) is 47.3 Å². The highest BCUT2D eigenvalue weighted by atomic mass is 35.5. The van der Waals surface area contributed by atoms with E-state index in [4.69, 9.17) is 16.3 Å². The zero-order valence-electron chi connectivity index (χ0n) is 18.3. The molecule has 4 N–H and O–H groups in total. The van der Waals surface area contributed by atoms with Crippen molar-refractivity contribution in [2.75, 3.05) is 22.6 Å². The standard InChI is InChI=1S/C22H19ClN6O6/c1-2-35-16-9-13(29(33)34)6-7-15(16)25-20(31)14-10-17(30)26-19-18(14)21(32)28-22(27-19)24-12-5-3-4-11(23)8-12/h3-9,14H,2,10H2,1H3,(H,25,31)(H3,24,26,27,28,30,32)/t14-/m0/s1. The predicted molar refractivity (Wildman–Crippen MR) is 128 cm³/mol. The van der Waals surface area contributed by atoms with Gasteiger partial charge in [-0.15, -0.1) is 0 Å². The molecule has 180 valence electrons. The minimum atomic E-state index is -1.15. The van der Waals surface area contributed by atoms with Gasteiger partial charge in [0.15, 0.2) is 0 Å². The smallest absolute Gasteiger partial charge is 0.273 e. The Kier molecular flexibility index (Phi) is 6.64. The van der Waals surface area contributed by atoms with Crippen molar-refractivity contribution in [1.82, 2.24) is 9.97 Å². The van der Waals surface area contributed by atoms with Crippen molar-refractivity contribution >= 4 is 52.2 Å². The molecule has 1 aliphatic heterocycles. The van der Waals surface area contributed by atoms with Gasteiger partial charge < -0.3 is 20.7 Å². The summed E-state index contributed by atoms with van der Waals surface area (Å²) >= 11 is 5.98. The predicted octanol–water partition coefficient (Wildman–Crippen LogP) is 3.54. The highest BCUT2D eigenvalue weighted by Gasteiger charge is 2.35. The number of aromatic amines is 1. The number of nitro benzene ring substituents is 1. The van der Waals surface area contributed by atoms with Gasteiger partial charge in [0.05, 0.1) is 34.8 Å². The number of nitrogens with one attached hydrogen (secondary N) is 4. The lowest BCUT2D eigenvalue weighted by molar-refractivity contribution is -0.384. The molecule has 0 spiro atoms. The Balaban J connectivity index is 1.64. The lowest BCUT2D eigenvalue weighted by atomic mass is 9.92. The summed E-state index contributed by atoms with van der Waals surface area (Å²) in [5.74, 6) is -2.24. The van der Waals surface area contributed by atoms with E-state index in [2.05, 4.69) is 25.9 Å². The molecule has 2 aromatic carbocycles. The molecule has 13 heteroatoms. The number of carbonyl (C=O) groups is 2. The van der Waals surface area contributed by atoms with Crippen molar-refractivity contribution in [2.45, 2.75) is 19.3 Å². The van der Waals surface area contributed by atoms with Crippen LogP contribution in [0.2, 0.25) is 5.02 Å². The van der Waals surface area contributed by atoms with E-state index in [-0.39, 0.29) is 47.5 Å².